The second-order valence-electron chi connectivity index (χ2n) is 7.17. The molecule has 164 valence electrons. The molecule has 1 aliphatic rings. The van der Waals surface area contributed by atoms with Crippen LogP contribution in [-0.4, -0.2) is 23.2 Å². The molecule has 0 radical (unpaired) electrons. The molecule has 0 saturated carbocycles. The zero-order valence-electron chi connectivity index (χ0n) is 16.8. The Kier molecular flexibility index (Phi) is 5.48. The number of nitriles is 1. The van der Waals surface area contributed by atoms with Gasteiger partial charge in [-0.3, -0.25) is 9.89 Å². The van der Waals surface area contributed by atoms with Gasteiger partial charge in [0.05, 0.1) is 24.3 Å². The van der Waals surface area contributed by atoms with Crippen LogP contribution in [0.25, 0.3) is 0 Å². The largest absolute Gasteiger partial charge is 0.496 e. The van der Waals surface area contributed by atoms with Crippen molar-refractivity contribution in [3.63, 3.8) is 0 Å². The molecule has 10 heteroatoms. The Labute approximate surface area is 180 Å². The first-order chi connectivity index (χ1) is 15.3. The van der Waals surface area contributed by atoms with Gasteiger partial charge in [0.2, 0.25) is 5.91 Å². The number of amides is 1. The summed E-state index contributed by atoms with van der Waals surface area (Å²) in [6, 6.07) is 10.1. The maximum atomic E-state index is 13.4. The van der Waals surface area contributed by atoms with Crippen molar-refractivity contribution in [3.8, 4) is 17.6 Å². The third-order valence-electron chi connectivity index (χ3n) is 5.20. The van der Waals surface area contributed by atoms with Gasteiger partial charge < -0.3 is 14.8 Å². The fourth-order valence-corrected chi connectivity index (χ4v) is 3.64. The highest BCUT2D eigenvalue weighted by Gasteiger charge is 2.35. The van der Waals surface area contributed by atoms with E-state index in [1.807, 2.05) is 0 Å². The number of carbonyl (C=O) groups excluding carboxylic acids is 1. The number of alkyl halides is 3. The van der Waals surface area contributed by atoms with Crippen LogP contribution in [-0.2, 0) is 17.6 Å². The highest BCUT2D eigenvalue weighted by Crippen LogP contribution is 2.39. The average molecular weight is 442 g/mol. The highest BCUT2D eigenvalue weighted by atomic mass is 19.4. The van der Waals surface area contributed by atoms with Gasteiger partial charge in [-0.25, -0.2) is 0 Å². The van der Waals surface area contributed by atoms with E-state index in [-0.39, 0.29) is 36.2 Å². The molecule has 0 fully saturated rings. The number of anilines is 1. The molecule has 0 bridgehead atoms. The van der Waals surface area contributed by atoms with E-state index in [1.54, 1.807) is 30.5 Å². The molecule has 1 unspecified atom stereocenters. The van der Waals surface area contributed by atoms with Crippen LogP contribution in [0.15, 0.2) is 42.6 Å². The third-order valence-corrected chi connectivity index (χ3v) is 5.20. The summed E-state index contributed by atoms with van der Waals surface area (Å²) >= 11 is 0. The fraction of sp³-hybridized carbons (Fsp3) is 0.227. The summed E-state index contributed by atoms with van der Waals surface area (Å²) in [6.45, 7) is -0.180. The standard InChI is InChI=1S/C22H17F3N4O3/c1-31-19-7-13(15-8-20(30)28-21-16(15)10-27-29-21)3-4-14(19)11-32-18-5-2-12(9-26)6-17(18)22(23,24)25/h2-7,10,15H,8,11H2,1H3,(H2,27,28,29,30). The number of H-pyrrole nitrogens is 1. The van der Waals surface area contributed by atoms with Crippen molar-refractivity contribution in [3.05, 3.63) is 70.4 Å². The van der Waals surface area contributed by atoms with Gasteiger partial charge in [-0.15, -0.1) is 0 Å². The molecule has 4 rings (SSSR count). The van der Waals surface area contributed by atoms with Crippen molar-refractivity contribution in [2.45, 2.75) is 25.1 Å². The number of hydrogen-bond acceptors (Lipinski definition) is 5. The van der Waals surface area contributed by atoms with Crippen LogP contribution < -0.4 is 14.8 Å². The van der Waals surface area contributed by atoms with Crippen LogP contribution in [0.2, 0.25) is 0 Å². The molecular formula is C22H17F3N4O3. The quantitative estimate of drug-likeness (QED) is 0.612. The minimum absolute atomic E-state index is 0.109. The minimum Gasteiger partial charge on any atom is -0.496 e. The van der Waals surface area contributed by atoms with E-state index in [4.69, 9.17) is 14.7 Å². The van der Waals surface area contributed by atoms with Crippen LogP contribution in [0.5, 0.6) is 11.5 Å². The van der Waals surface area contributed by atoms with Crippen LogP contribution in [0.4, 0.5) is 19.0 Å². The molecule has 2 heterocycles. The van der Waals surface area contributed by atoms with Crippen LogP contribution in [0.3, 0.4) is 0 Å². The Hall–Kier alpha value is -4.00. The predicted octanol–water partition coefficient (Wildman–Crippen LogP) is 4.36. The predicted molar refractivity (Wildman–Crippen MR) is 107 cm³/mol. The molecule has 7 nitrogen and oxygen atoms in total. The van der Waals surface area contributed by atoms with E-state index < -0.39 is 11.7 Å². The zero-order valence-corrected chi connectivity index (χ0v) is 16.8. The SMILES string of the molecule is COc1cc(C2CC(=O)Nc3n[nH]cc32)ccc1COc1ccc(C#N)cc1C(F)(F)F. The molecule has 1 aromatic heterocycles. The Bertz CT molecular complexity index is 1210. The first kappa shape index (κ1) is 21.2. The summed E-state index contributed by atoms with van der Waals surface area (Å²) in [6.07, 6.45) is -2.72. The summed E-state index contributed by atoms with van der Waals surface area (Å²) in [7, 11) is 1.45. The summed E-state index contributed by atoms with van der Waals surface area (Å²) in [5, 5.41) is 18.3. The zero-order chi connectivity index (χ0) is 22.9. The van der Waals surface area contributed by atoms with Gasteiger partial charge in [0.25, 0.3) is 0 Å². The number of nitrogens with one attached hydrogen (secondary N) is 2. The Morgan fingerprint density at radius 1 is 1.22 bits per heavy atom. The Balaban J connectivity index is 1.60. The van der Waals surface area contributed by atoms with Crippen molar-refractivity contribution < 1.29 is 27.4 Å². The van der Waals surface area contributed by atoms with Crippen molar-refractivity contribution in [1.29, 1.82) is 5.26 Å². The van der Waals surface area contributed by atoms with Crippen molar-refractivity contribution in [2.24, 2.45) is 0 Å². The normalized spacial score (nSPS) is 15.5. The smallest absolute Gasteiger partial charge is 0.420 e. The number of aromatic amines is 1. The van der Waals surface area contributed by atoms with E-state index in [2.05, 4.69) is 15.5 Å². The minimum atomic E-state index is -4.67. The number of ether oxygens (including phenoxy) is 2. The molecule has 2 N–H and O–H groups in total. The lowest BCUT2D eigenvalue weighted by atomic mass is 9.87. The Morgan fingerprint density at radius 3 is 2.75 bits per heavy atom. The monoisotopic (exact) mass is 442 g/mol. The summed E-state index contributed by atoms with van der Waals surface area (Å²) < 4.78 is 51.0. The van der Waals surface area contributed by atoms with Crippen molar-refractivity contribution in [2.75, 3.05) is 12.4 Å². The number of aromatic nitrogens is 2. The maximum absolute atomic E-state index is 13.4. The van der Waals surface area contributed by atoms with Crippen molar-refractivity contribution in [1.82, 2.24) is 10.2 Å². The lowest BCUT2D eigenvalue weighted by Gasteiger charge is -2.23. The van der Waals surface area contributed by atoms with Gasteiger partial charge in [0, 0.05) is 29.7 Å². The Morgan fingerprint density at radius 2 is 2.03 bits per heavy atom. The molecule has 0 saturated heterocycles. The summed E-state index contributed by atoms with van der Waals surface area (Å²) in [5.74, 6) is 0.103. The van der Waals surface area contributed by atoms with E-state index in [0.29, 0.717) is 17.1 Å². The van der Waals surface area contributed by atoms with Gasteiger partial charge in [-0.2, -0.15) is 23.5 Å². The lowest BCUT2D eigenvalue weighted by molar-refractivity contribution is -0.139. The molecule has 32 heavy (non-hydrogen) atoms. The number of hydrogen-bond donors (Lipinski definition) is 2. The average Bonchev–Trinajstić information content (AvgIpc) is 3.24. The van der Waals surface area contributed by atoms with E-state index >= 15 is 0 Å². The fourth-order valence-electron chi connectivity index (χ4n) is 3.64. The number of halogens is 3. The van der Waals surface area contributed by atoms with Crippen LogP contribution in [0, 0.1) is 11.3 Å². The first-order valence-corrected chi connectivity index (χ1v) is 9.54. The first-order valence-electron chi connectivity index (χ1n) is 9.54. The van der Waals surface area contributed by atoms with Gasteiger partial charge in [0.15, 0.2) is 5.82 Å². The molecule has 0 aliphatic carbocycles. The molecule has 2 aromatic carbocycles. The number of methoxy groups -OCH3 is 1. The third kappa shape index (κ3) is 4.09. The maximum Gasteiger partial charge on any atom is 0.420 e. The van der Waals surface area contributed by atoms with Gasteiger partial charge >= 0.3 is 6.18 Å². The molecule has 0 spiro atoms. The van der Waals surface area contributed by atoms with E-state index in [1.165, 1.54) is 13.2 Å². The van der Waals surface area contributed by atoms with E-state index in [9.17, 15) is 18.0 Å². The number of carbonyl (C=O) groups is 1. The molecule has 1 aliphatic heterocycles. The molecular weight excluding hydrogens is 425 g/mol. The summed E-state index contributed by atoms with van der Waals surface area (Å²) in [5.41, 5.74) is 1.04. The van der Waals surface area contributed by atoms with E-state index in [0.717, 1.165) is 23.3 Å². The molecule has 1 atom stereocenters. The lowest BCUT2D eigenvalue weighted by Crippen LogP contribution is -2.23. The molecule has 1 amide bonds. The number of nitrogens with zero attached hydrogens (tertiary/aromatic N) is 2. The van der Waals surface area contributed by atoms with Crippen molar-refractivity contribution >= 4 is 11.7 Å². The number of fused-ring (bicyclic) bond motifs is 1. The van der Waals surface area contributed by atoms with Gasteiger partial charge in [-0.05, 0) is 29.8 Å². The second-order valence-corrected chi connectivity index (χ2v) is 7.17. The van der Waals surface area contributed by atoms with Gasteiger partial charge in [-0.1, -0.05) is 12.1 Å². The summed E-state index contributed by atoms with van der Waals surface area (Å²) in [4.78, 5) is 12.0. The van der Waals surface area contributed by atoms with Crippen LogP contribution in [0.1, 0.15) is 40.2 Å². The highest BCUT2D eigenvalue weighted by molar-refractivity contribution is 5.94. The topological polar surface area (TPSA) is 100 Å². The van der Waals surface area contributed by atoms with Crippen LogP contribution >= 0.6 is 0 Å². The number of rotatable bonds is 5. The van der Waals surface area contributed by atoms with Gasteiger partial charge in [0.1, 0.15) is 18.1 Å². The number of benzene rings is 2. The molecule has 3 aromatic rings. The second kappa shape index (κ2) is 8.26.